The van der Waals surface area contributed by atoms with E-state index in [1.807, 2.05) is 13.0 Å². The van der Waals surface area contributed by atoms with Gasteiger partial charge in [0.1, 0.15) is 0 Å². The van der Waals surface area contributed by atoms with Crippen LogP contribution in [0.25, 0.3) is 0 Å². The van der Waals surface area contributed by atoms with Crippen molar-refractivity contribution < 1.29 is 9.47 Å². The van der Waals surface area contributed by atoms with Crippen LogP contribution in [0.5, 0.6) is 0 Å². The van der Waals surface area contributed by atoms with Gasteiger partial charge in [0, 0.05) is 19.8 Å². The number of rotatable bonds is 6. The minimum absolute atomic E-state index is 0.247. The van der Waals surface area contributed by atoms with Crippen LogP contribution >= 0.6 is 0 Å². The number of ether oxygens (including phenoxy) is 2. The highest BCUT2D eigenvalue weighted by atomic mass is 16.7. The van der Waals surface area contributed by atoms with Gasteiger partial charge in [-0.15, -0.1) is 0 Å². The Labute approximate surface area is 87.6 Å². The molecule has 0 aliphatic carbocycles. The first-order chi connectivity index (χ1) is 6.65. The van der Waals surface area contributed by atoms with Gasteiger partial charge in [-0.1, -0.05) is 32.1 Å². The summed E-state index contributed by atoms with van der Waals surface area (Å²) in [4.78, 5) is 0. The van der Waals surface area contributed by atoms with Gasteiger partial charge in [-0.2, -0.15) is 0 Å². The van der Waals surface area contributed by atoms with Crippen LogP contribution in [0.2, 0.25) is 0 Å². The first kappa shape index (κ1) is 13.4. The molecule has 0 aromatic carbocycles. The maximum Gasteiger partial charge on any atom is 0.182 e. The summed E-state index contributed by atoms with van der Waals surface area (Å²) in [5.41, 5.74) is 1.07. The van der Waals surface area contributed by atoms with Crippen LogP contribution in [0.1, 0.15) is 27.2 Å². The zero-order chi connectivity index (χ0) is 11.0. The molecule has 0 aliphatic heterocycles. The zero-order valence-corrected chi connectivity index (χ0v) is 9.91. The van der Waals surface area contributed by atoms with Crippen molar-refractivity contribution in [3.05, 3.63) is 23.8 Å². The molecular weight excluding hydrogens is 176 g/mol. The SMILES string of the molecule is CC=C(C=CCC(C)C)C(OC)OC. The van der Waals surface area contributed by atoms with E-state index in [4.69, 9.17) is 9.47 Å². The number of hydrogen-bond acceptors (Lipinski definition) is 2. The molecule has 0 N–H and O–H groups in total. The first-order valence-corrected chi connectivity index (χ1v) is 5.04. The maximum absolute atomic E-state index is 5.17. The van der Waals surface area contributed by atoms with Gasteiger partial charge in [0.2, 0.25) is 0 Å². The fourth-order valence-corrected chi connectivity index (χ4v) is 1.16. The lowest BCUT2D eigenvalue weighted by atomic mass is 10.1. The van der Waals surface area contributed by atoms with Crippen molar-refractivity contribution in [1.29, 1.82) is 0 Å². The Balaban J connectivity index is 4.22. The normalized spacial score (nSPS) is 13.5. The second-order valence-electron chi connectivity index (χ2n) is 3.62. The molecular formula is C12H22O2. The highest BCUT2D eigenvalue weighted by Gasteiger charge is 2.07. The third-order valence-electron chi connectivity index (χ3n) is 1.95. The molecule has 2 heteroatoms. The Bertz CT molecular complexity index is 188. The average Bonchev–Trinajstić information content (AvgIpc) is 2.16. The maximum atomic E-state index is 5.17. The third kappa shape index (κ3) is 5.20. The molecule has 2 nitrogen and oxygen atoms in total. The highest BCUT2D eigenvalue weighted by Crippen LogP contribution is 2.10. The van der Waals surface area contributed by atoms with E-state index in [0.717, 1.165) is 12.0 Å². The number of hydrogen-bond donors (Lipinski definition) is 0. The molecule has 0 aromatic heterocycles. The smallest absolute Gasteiger partial charge is 0.182 e. The standard InChI is InChI=1S/C12H22O2/c1-6-11(12(13-4)14-5)9-7-8-10(2)3/h6-7,9-10,12H,8H2,1-5H3. The Kier molecular flexibility index (Phi) is 7.44. The summed E-state index contributed by atoms with van der Waals surface area (Å²) in [5.74, 6) is 0.688. The predicted octanol–water partition coefficient (Wildman–Crippen LogP) is 3.15. The second kappa shape index (κ2) is 7.77. The lowest BCUT2D eigenvalue weighted by molar-refractivity contribution is -0.0725. The third-order valence-corrected chi connectivity index (χ3v) is 1.95. The summed E-state index contributed by atoms with van der Waals surface area (Å²) in [5, 5.41) is 0. The monoisotopic (exact) mass is 198 g/mol. The summed E-state index contributed by atoms with van der Waals surface area (Å²) in [6, 6.07) is 0. The van der Waals surface area contributed by atoms with Crippen LogP contribution in [0.4, 0.5) is 0 Å². The van der Waals surface area contributed by atoms with Crippen LogP contribution in [-0.2, 0) is 9.47 Å². The molecule has 0 amide bonds. The van der Waals surface area contributed by atoms with Gasteiger partial charge in [0.15, 0.2) is 6.29 Å². The number of methoxy groups -OCH3 is 2. The summed E-state index contributed by atoms with van der Waals surface area (Å²) < 4.78 is 10.3. The van der Waals surface area contributed by atoms with Crippen molar-refractivity contribution in [2.75, 3.05) is 14.2 Å². The van der Waals surface area contributed by atoms with E-state index in [0.29, 0.717) is 5.92 Å². The Morgan fingerprint density at radius 3 is 2.14 bits per heavy atom. The fourth-order valence-electron chi connectivity index (χ4n) is 1.16. The minimum Gasteiger partial charge on any atom is -0.352 e. The molecule has 0 atom stereocenters. The van der Waals surface area contributed by atoms with E-state index in [1.165, 1.54) is 0 Å². The van der Waals surface area contributed by atoms with Gasteiger partial charge >= 0.3 is 0 Å². The summed E-state index contributed by atoms with van der Waals surface area (Å²) >= 11 is 0. The molecule has 0 aliphatic rings. The molecule has 0 aromatic rings. The van der Waals surface area contributed by atoms with Crippen LogP contribution < -0.4 is 0 Å². The molecule has 0 unspecified atom stereocenters. The van der Waals surface area contributed by atoms with E-state index in [-0.39, 0.29) is 6.29 Å². The average molecular weight is 198 g/mol. The molecule has 0 heterocycles. The van der Waals surface area contributed by atoms with E-state index >= 15 is 0 Å². The molecule has 0 fully saturated rings. The van der Waals surface area contributed by atoms with E-state index in [1.54, 1.807) is 14.2 Å². The molecule has 0 radical (unpaired) electrons. The first-order valence-electron chi connectivity index (χ1n) is 5.04. The van der Waals surface area contributed by atoms with Gasteiger partial charge in [0.05, 0.1) is 0 Å². The van der Waals surface area contributed by atoms with Crippen molar-refractivity contribution >= 4 is 0 Å². The van der Waals surface area contributed by atoms with Crippen molar-refractivity contribution in [2.24, 2.45) is 5.92 Å². The molecule has 0 spiro atoms. The quantitative estimate of drug-likeness (QED) is 0.482. The second-order valence-corrected chi connectivity index (χ2v) is 3.62. The van der Waals surface area contributed by atoms with Crippen molar-refractivity contribution in [2.45, 2.75) is 33.5 Å². The van der Waals surface area contributed by atoms with Gasteiger partial charge in [-0.05, 0) is 19.3 Å². The molecule has 82 valence electrons. The largest absolute Gasteiger partial charge is 0.352 e. The molecule has 14 heavy (non-hydrogen) atoms. The number of allylic oxidation sites excluding steroid dienone is 2. The van der Waals surface area contributed by atoms with Gasteiger partial charge < -0.3 is 9.47 Å². The van der Waals surface area contributed by atoms with Crippen molar-refractivity contribution in [3.63, 3.8) is 0 Å². The fraction of sp³-hybridized carbons (Fsp3) is 0.667. The van der Waals surface area contributed by atoms with E-state index in [9.17, 15) is 0 Å². The lowest BCUT2D eigenvalue weighted by Crippen LogP contribution is -2.14. The Hall–Kier alpha value is -0.600. The van der Waals surface area contributed by atoms with Crippen LogP contribution in [0.15, 0.2) is 23.8 Å². The summed E-state index contributed by atoms with van der Waals surface area (Å²) in [6.45, 7) is 6.38. The lowest BCUT2D eigenvalue weighted by Gasteiger charge is -2.14. The minimum atomic E-state index is -0.247. The van der Waals surface area contributed by atoms with Gasteiger partial charge in [-0.25, -0.2) is 0 Å². The van der Waals surface area contributed by atoms with E-state index in [2.05, 4.69) is 26.0 Å². The van der Waals surface area contributed by atoms with Crippen LogP contribution in [-0.4, -0.2) is 20.5 Å². The molecule has 0 saturated heterocycles. The summed E-state index contributed by atoms with van der Waals surface area (Å²) in [7, 11) is 3.29. The molecule has 0 bridgehead atoms. The topological polar surface area (TPSA) is 18.5 Å². The highest BCUT2D eigenvalue weighted by molar-refractivity contribution is 5.20. The van der Waals surface area contributed by atoms with Crippen LogP contribution in [0.3, 0.4) is 0 Å². The predicted molar refractivity (Wildman–Crippen MR) is 60.2 cm³/mol. The van der Waals surface area contributed by atoms with Gasteiger partial charge in [0.25, 0.3) is 0 Å². The molecule has 0 saturated carbocycles. The Morgan fingerprint density at radius 1 is 1.21 bits per heavy atom. The summed E-state index contributed by atoms with van der Waals surface area (Å²) in [6.07, 6.45) is 7.07. The Morgan fingerprint density at radius 2 is 1.79 bits per heavy atom. The van der Waals surface area contributed by atoms with E-state index < -0.39 is 0 Å². The van der Waals surface area contributed by atoms with Crippen molar-refractivity contribution in [3.8, 4) is 0 Å². The zero-order valence-electron chi connectivity index (χ0n) is 9.91. The van der Waals surface area contributed by atoms with Gasteiger partial charge in [-0.3, -0.25) is 0 Å². The van der Waals surface area contributed by atoms with Crippen LogP contribution in [0, 0.1) is 5.92 Å². The van der Waals surface area contributed by atoms with Crippen molar-refractivity contribution in [1.82, 2.24) is 0 Å². The molecule has 0 rings (SSSR count).